The maximum atomic E-state index is 4.78. The van der Waals surface area contributed by atoms with E-state index in [2.05, 4.69) is 23.8 Å². The van der Waals surface area contributed by atoms with Crippen molar-refractivity contribution in [2.24, 2.45) is 15.9 Å². The van der Waals surface area contributed by atoms with Crippen LogP contribution < -0.4 is 0 Å². The molecule has 0 aromatic carbocycles. The maximum absolute atomic E-state index is 4.78. The lowest BCUT2D eigenvalue weighted by Gasteiger charge is -2.02. The first-order valence-corrected chi connectivity index (χ1v) is 3.81. The number of nitrogens with zero attached hydrogens (tertiary/aromatic N) is 2. The minimum atomic E-state index is 0.468. The van der Waals surface area contributed by atoms with Crippen LogP contribution >= 0.6 is 12.2 Å². The van der Waals surface area contributed by atoms with Crippen LogP contribution in [0.4, 0.5) is 0 Å². The van der Waals surface area contributed by atoms with Gasteiger partial charge in [-0.25, -0.2) is 9.98 Å². The van der Waals surface area contributed by atoms with Crippen LogP contribution in [0.1, 0.15) is 20.3 Å². The molecule has 10 heavy (non-hydrogen) atoms. The molecule has 0 amide bonds. The summed E-state index contributed by atoms with van der Waals surface area (Å²) in [6.07, 6.45) is 2.85. The van der Waals surface area contributed by atoms with Crippen LogP contribution in [0, 0.1) is 5.92 Å². The van der Waals surface area contributed by atoms with E-state index in [1.807, 2.05) is 0 Å². The molecule has 1 atom stereocenters. The van der Waals surface area contributed by atoms with Gasteiger partial charge in [0.15, 0.2) is 0 Å². The van der Waals surface area contributed by atoms with Crippen molar-refractivity contribution < 1.29 is 0 Å². The fourth-order valence-corrected chi connectivity index (χ4v) is 0.894. The van der Waals surface area contributed by atoms with Crippen molar-refractivity contribution >= 4 is 29.3 Å². The van der Waals surface area contributed by atoms with Gasteiger partial charge in [-0.05, 0) is 24.6 Å². The van der Waals surface area contributed by atoms with Gasteiger partial charge in [-0.15, -0.1) is 0 Å². The molecule has 0 saturated carbocycles. The summed E-state index contributed by atoms with van der Waals surface area (Å²) in [5, 5.41) is 0.468. The number of rotatable bonds is 2. The van der Waals surface area contributed by atoms with E-state index >= 15 is 0 Å². The van der Waals surface area contributed by atoms with Crippen LogP contribution in [0.2, 0.25) is 0 Å². The Morgan fingerprint density at radius 1 is 1.70 bits per heavy atom. The van der Waals surface area contributed by atoms with E-state index in [1.54, 1.807) is 6.21 Å². The summed E-state index contributed by atoms with van der Waals surface area (Å²) in [6.45, 7) is 4.25. The predicted octanol–water partition coefficient (Wildman–Crippen LogP) is 1.84. The lowest BCUT2D eigenvalue weighted by Crippen LogP contribution is -2.08. The maximum Gasteiger partial charge on any atom is 0.219 e. The van der Waals surface area contributed by atoms with Gasteiger partial charge in [-0.2, -0.15) is 0 Å². The fraction of sp³-hybridized carbons (Fsp3) is 0.571. The monoisotopic (exact) mass is 154 g/mol. The third-order valence-corrected chi connectivity index (χ3v) is 1.85. The van der Waals surface area contributed by atoms with Crippen molar-refractivity contribution in [1.29, 1.82) is 0 Å². The normalized spacial score (nSPS) is 19.4. The van der Waals surface area contributed by atoms with Crippen molar-refractivity contribution in [2.45, 2.75) is 20.3 Å². The van der Waals surface area contributed by atoms with Crippen LogP contribution in [-0.2, 0) is 0 Å². The van der Waals surface area contributed by atoms with Crippen LogP contribution in [0.25, 0.3) is 0 Å². The van der Waals surface area contributed by atoms with E-state index in [9.17, 15) is 0 Å². The molecule has 0 aliphatic carbocycles. The molecule has 0 bridgehead atoms. The van der Waals surface area contributed by atoms with Crippen molar-refractivity contribution in [3.63, 3.8) is 0 Å². The average molecular weight is 154 g/mol. The van der Waals surface area contributed by atoms with E-state index in [4.69, 9.17) is 12.2 Å². The second kappa shape index (κ2) is 3.01. The van der Waals surface area contributed by atoms with Crippen molar-refractivity contribution in [3.05, 3.63) is 0 Å². The molecular formula is C7H10N2S. The van der Waals surface area contributed by atoms with Gasteiger partial charge in [0.05, 0.1) is 11.9 Å². The topological polar surface area (TPSA) is 24.7 Å². The van der Waals surface area contributed by atoms with E-state index in [0.29, 0.717) is 11.0 Å². The zero-order valence-electron chi connectivity index (χ0n) is 6.16. The summed E-state index contributed by atoms with van der Waals surface area (Å²) in [5.74, 6) is 0.490. The Morgan fingerprint density at radius 3 is 2.80 bits per heavy atom. The van der Waals surface area contributed by atoms with E-state index in [-0.39, 0.29) is 0 Å². The van der Waals surface area contributed by atoms with Crippen molar-refractivity contribution in [1.82, 2.24) is 0 Å². The molecule has 1 rings (SSSR count). The van der Waals surface area contributed by atoms with Crippen LogP contribution in [0.3, 0.4) is 0 Å². The van der Waals surface area contributed by atoms with E-state index in [1.165, 1.54) is 0 Å². The number of aliphatic imine (C=N–C) groups is 2. The fourth-order valence-electron chi connectivity index (χ4n) is 0.736. The molecular weight excluding hydrogens is 144 g/mol. The zero-order chi connectivity index (χ0) is 7.56. The predicted molar refractivity (Wildman–Crippen MR) is 48.0 cm³/mol. The molecule has 3 heteroatoms. The second-order valence-electron chi connectivity index (χ2n) is 2.39. The second-order valence-corrected chi connectivity index (χ2v) is 2.75. The van der Waals surface area contributed by atoms with Crippen molar-refractivity contribution in [2.75, 3.05) is 0 Å². The summed E-state index contributed by atoms with van der Waals surface area (Å²) in [6, 6.07) is 0. The third kappa shape index (κ3) is 1.48. The minimum Gasteiger partial charge on any atom is -0.225 e. The van der Waals surface area contributed by atoms with E-state index < -0.39 is 0 Å². The van der Waals surface area contributed by atoms with Crippen LogP contribution in [0.5, 0.6) is 0 Å². The Kier molecular flexibility index (Phi) is 2.27. The number of hydrogen-bond acceptors (Lipinski definition) is 1. The minimum absolute atomic E-state index is 0.468. The first kappa shape index (κ1) is 7.54. The Morgan fingerprint density at radius 2 is 2.40 bits per heavy atom. The molecule has 0 spiro atoms. The molecule has 1 unspecified atom stereocenters. The molecule has 0 aromatic rings. The Hall–Kier alpha value is -0.570. The van der Waals surface area contributed by atoms with Gasteiger partial charge in [0.2, 0.25) is 5.11 Å². The molecule has 0 radical (unpaired) electrons. The van der Waals surface area contributed by atoms with Gasteiger partial charge < -0.3 is 0 Å². The molecule has 0 aromatic heterocycles. The SMILES string of the molecule is CCC(C)C1=NC(=S)N=C1. The van der Waals surface area contributed by atoms with E-state index in [0.717, 1.165) is 12.1 Å². The molecule has 0 saturated heterocycles. The number of thiocarbonyl (C=S) groups is 1. The van der Waals surface area contributed by atoms with Gasteiger partial charge in [0.1, 0.15) is 0 Å². The first-order valence-electron chi connectivity index (χ1n) is 3.40. The lowest BCUT2D eigenvalue weighted by molar-refractivity contribution is 0.749. The van der Waals surface area contributed by atoms with Gasteiger partial charge in [0, 0.05) is 0 Å². The Bertz CT molecular complexity index is 206. The van der Waals surface area contributed by atoms with Gasteiger partial charge in [-0.1, -0.05) is 13.8 Å². The largest absolute Gasteiger partial charge is 0.225 e. The van der Waals surface area contributed by atoms with Crippen molar-refractivity contribution in [3.8, 4) is 0 Å². The summed E-state index contributed by atoms with van der Waals surface area (Å²) in [7, 11) is 0. The summed E-state index contributed by atoms with van der Waals surface area (Å²) in [5.41, 5.74) is 1.02. The highest BCUT2D eigenvalue weighted by Gasteiger charge is 2.10. The molecule has 0 N–H and O–H groups in total. The highest BCUT2D eigenvalue weighted by atomic mass is 32.1. The Labute approximate surface area is 66.1 Å². The zero-order valence-corrected chi connectivity index (χ0v) is 6.98. The smallest absolute Gasteiger partial charge is 0.219 e. The van der Waals surface area contributed by atoms with Crippen LogP contribution in [0.15, 0.2) is 9.98 Å². The molecule has 2 nitrogen and oxygen atoms in total. The molecule has 1 aliphatic rings. The molecule has 1 heterocycles. The first-order chi connectivity index (χ1) is 4.74. The number of hydrogen-bond donors (Lipinski definition) is 0. The van der Waals surface area contributed by atoms with Gasteiger partial charge in [0.25, 0.3) is 0 Å². The van der Waals surface area contributed by atoms with Gasteiger partial charge >= 0.3 is 0 Å². The summed E-state index contributed by atoms with van der Waals surface area (Å²) >= 11 is 4.78. The standard InChI is InChI=1S/C7H10N2S/c1-3-5(2)6-4-8-7(10)9-6/h4-5H,3H2,1-2H3. The highest BCUT2D eigenvalue weighted by molar-refractivity contribution is 7.80. The lowest BCUT2D eigenvalue weighted by atomic mass is 10.0. The summed E-state index contributed by atoms with van der Waals surface area (Å²) < 4.78 is 0. The summed E-state index contributed by atoms with van der Waals surface area (Å²) in [4.78, 5) is 7.97. The third-order valence-electron chi connectivity index (χ3n) is 1.65. The molecule has 54 valence electrons. The Balaban J connectivity index is 2.67. The molecule has 0 fully saturated rings. The highest BCUT2D eigenvalue weighted by Crippen LogP contribution is 2.07. The molecule has 1 aliphatic heterocycles. The quantitative estimate of drug-likeness (QED) is 0.557. The van der Waals surface area contributed by atoms with Crippen LogP contribution in [-0.4, -0.2) is 17.0 Å². The van der Waals surface area contributed by atoms with Gasteiger partial charge in [-0.3, -0.25) is 0 Å². The average Bonchev–Trinajstić information content (AvgIpc) is 2.34.